The summed E-state index contributed by atoms with van der Waals surface area (Å²) in [5.41, 5.74) is 5.04. The minimum Gasteiger partial charge on any atom is -0.344 e. The molecule has 0 aromatic heterocycles. The number of anilines is 2. The summed E-state index contributed by atoms with van der Waals surface area (Å²) in [7, 11) is 2.12. The molecule has 0 amide bonds. The van der Waals surface area contributed by atoms with E-state index < -0.39 is 0 Å². The van der Waals surface area contributed by atoms with Crippen LogP contribution in [0.2, 0.25) is 0 Å². The molecule has 0 radical (unpaired) electrons. The van der Waals surface area contributed by atoms with Gasteiger partial charge >= 0.3 is 0 Å². The summed E-state index contributed by atoms with van der Waals surface area (Å²) in [5.74, 6) is 0. The molecule has 1 heteroatoms. The summed E-state index contributed by atoms with van der Waals surface area (Å²) in [6.45, 7) is 4.00. The monoisotopic (exact) mass is 237 g/mol. The maximum Gasteiger partial charge on any atom is 0.0481 e. The van der Waals surface area contributed by atoms with Gasteiger partial charge in [0.1, 0.15) is 0 Å². The van der Waals surface area contributed by atoms with E-state index in [2.05, 4.69) is 72.6 Å². The molecule has 0 atom stereocenters. The molecule has 1 aliphatic heterocycles. The van der Waals surface area contributed by atoms with E-state index in [1.165, 1.54) is 22.5 Å². The van der Waals surface area contributed by atoms with Crippen molar-refractivity contribution in [1.29, 1.82) is 0 Å². The first kappa shape index (κ1) is 12.4. The number of rotatable bonds is 0. The molecule has 18 heavy (non-hydrogen) atoms. The maximum atomic E-state index is 2.24. The molecule has 1 aliphatic rings. The predicted molar refractivity (Wildman–Crippen MR) is 81.2 cm³/mol. The average molecular weight is 237 g/mol. The van der Waals surface area contributed by atoms with Gasteiger partial charge in [0.25, 0.3) is 0 Å². The van der Waals surface area contributed by atoms with E-state index in [9.17, 15) is 0 Å². The zero-order valence-corrected chi connectivity index (χ0v) is 11.2. The van der Waals surface area contributed by atoms with E-state index >= 15 is 0 Å². The van der Waals surface area contributed by atoms with Gasteiger partial charge in [-0.2, -0.15) is 0 Å². The Morgan fingerprint density at radius 2 is 1.06 bits per heavy atom. The van der Waals surface area contributed by atoms with Gasteiger partial charge in [0.2, 0.25) is 0 Å². The lowest BCUT2D eigenvalue weighted by Crippen LogP contribution is -2.10. The smallest absolute Gasteiger partial charge is 0.0481 e. The second-order valence-corrected chi connectivity index (χ2v) is 4.01. The lowest BCUT2D eigenvalue weighted by molar-refractivity contribution is 1.20. The van der Waals surface area contributed by atoms with Gasteiger partial charge in [-0.1, -0.05) is 62.4 Å². The SMILES string of the molecule is CC.CN1c2ccccc2C=Cc2ccccc21. The van der Waals surface area contributed by atoms with Crippen molar-refractivity contribution in [1.82, 2.24) is 0 Å². The van der Waals surface area contributed by atoms with Gasteiger partial charge in [-0.05, 0) is 23.3 Å². The lowest BCUT2D eigenvalue weighted by Gasteiger charge is -2.21. The minimum atomic E-state index is 1.25. The van der Waals surface area contributed by atoms with Crippen LogP contribution in [0.25, 0.3) is 12.2 Å². The molecule has 0 unspecified atom stereocenters. The first-order chi connectivity index (χ1) is 8.86. The van der Waals surface area contributed by atoms with Crippen molar-refractivity contribution in [3.8, 4) is 0 Å². The highest BCUT2D eigenvalue weighted by Crippen LogP contribution is 2.34. The average Bonchev–Trinajstić information content (AvgIpc) is 2.60. The van der Waals surface area contributed by atoms with E-state index in [-0.39, 0.29) is 0 Å². The summed E-state index contributed by atoms with van der Waals surface area (Å²) < 4.78 is 0. The van der Waals surface area contributed by atoms with Crippen LogP contribution in [0.15, 0.2) is 48.5 Å². The summed E-state index contributed by atoms with van der Waals surface area (Å²) in [6, 6.07) is 16.9. The van der Waals surface area contributed by atoms with Gasteiger partial charge in [0.05, 0.1) is 0 Å². The number of para-hydroxylation sites is 2. The first-order valence-corrected chi connectivity index (χ1v) is 6.46. The molecule has 2 aromatic rings. The van der Waals surface area contributed by atoms with Crippen molar-refractivity contribution in [2.75, 3.05) is 11.9 Å². The van der Waals surface area contributed by atoms with Crippen molar-refractivity contribution < 1.29 is 0 Å². The Balaban J connectivity index is 0.000000574. The van der Waals surface area contributed by atoms with E-state index in [0.717, 1.165) is 0 Å². The van der Waals surface area contributed by atoms with Crippen LogP contribution in [-0.2, 0) is 0 Å². The zero-order valence-electron chi connectivity index (χ0n) is 11.2. The molecule has 1 heterocycles. The molecule has 0 fully saturated rings. The summed E-state index contributed by atoms with van der Waals surface area (Å²) in [4.78, 5) is 2.24. The molecule has 0 bridgehead atoms. The van der Waals surface area contributed by atoms with Gasteiger partial charge in [0, 0.05) is 18.4 Å². The highest BCUT2D eigenvalue weighted by molar-refractivity contribution is 5.88. The van der Waals surface area contributed by atoms with E-state index in [4.69, 9.17) is 0 Å². The van der Waals surface area contributed by atoms with E-state index in [1.54, 1.807) is 0 Å². The third-order valence-corrected chi connectivity index (χ3v) is 3.04. The van der Waals surface area contributed by atoms with Gasteiger partial charge in [-0.3, -0.25) is 0 Å². The van der Waals surface area contributed by atoms with Crippen LogP contribution in [0.3, 0.4) is 0 Å². The van der Waals surface area contributed by atoms with Crippen molar-refractivity contribution in [3.05, 3.63) is 59.7 Å². The third-order valence-electron chi connectivity index (χ3n) is 3.04. The third kappa shape index (κ3) is 2.17. The Morgan fingerprint density at radius 3 is 1.50 bits per heavy atom. The summed E-state index contributed by atoms with van der Waals surface area (Å²) in [5, 5.41) is 0. The van der Waals surface area contributed by atoms with Crippen LogP contribution in [0, 0.1) is 0 Å². The van der Waals surface area contributed by atoms with Gasteiger partial charge in [0.15, 0.2) is 0 Å². The van der Waals surface area contributed by atoms with Crippen LogP contribution in [0.5, 0.6) is 0 Å². The van der Waals surface area contributed by atoms with Gasteiger partial charge in [-0.15, -0.1) is 0 Å². The highest BCUT2D eigenvalue weighted by Gasteiger charge is 2.12. The molecule has 0 saturated heterocycles. The number of benzene rings is 2. The summed E-state index contributed by atoms with van der Waals surface area (Å²) in [6.07, 6.45) is 4.36. The predicted octanol–water partition coefficient (Wildman–Crippen LogP) is 4.96. The van der Waals surface area contributed by atoms with E-state index in [0.29, 0.717) is 0 Å². The first-order valence-electron chi connectivity index (χ1n) is 6.46. The van der Waals surface area contributed by atoms with E-state index in [1.807, 2.05) is 13.8 Å². The quantitative estimate of drug-likeness (QED) is 0.625. The molecule has 0 aliphatic carbocycles. The fourth-order valence-corrected chi connectivity index (χ4v) is 2.18. The Bertz CT molecular complexity index is 506. The van der Waals surface area contributed by atoms with Crippen molar-refractivity contribution in [2.45, 2.75) is 13.8 Å². The Morgan fingerprint density at radius 1 is 0.667 bits per heavy atom. The molecule has 2 aromatic carbocycles. The van der Waals surface area contributed by atoms with Gasteiger partial charge < -0.3 is 4.90 Å². The molecule has 92 valence electrons. The second-order valence-electron chi connectivity index (χ2n) is 4.01. The van der Waals surface area contributed by atoms with Crippen LogP contribution in [0.1, 0.15) is 25.0 Å². The molecule has 1 nitrogen and oxygen atoms in total. The van der Waals surface area contributed by atoms with Crippen LogP contribution in [-0.4, -0.2) is 7.05 Å². The molecule has 0 spiro atoms. The molecule has 0 N–H and O–H groups in total. The fraction of sp³-hybridized carbons (Fsp3) is 0.176. The van der Waals surface area contributed by atoms with Crippen LogP contribution in [0.4, 0.5) is 11.4 Å². The number of hydrogen-bond donors (Lipinski definition) is 0. The fourth-order valence-electron chi connectivity index (χ4n) is 2.18. The van der Waals surface area contributed by atoms with Crippen molar-refractivity contribution >= 4 is 23.5 Å². The number of nitrogens with zero attached hydrogens (tertiary/aromatic N) is 1. The van der Waals surface area contributed by atoms with Crippen molar-refractivity contribution in [3.63, 3.8) is 0 Å². The molecular weight excluding hydrogens is 218 g/mol. The number of fused-ring (bicyclic) bond motifs is 2. The van der Waals surface area contributed by atoms with Gasteiger partial charge in [-0.25, -0.2) is 0 Å². The maximum absolute atomic E-state index is 2.24. The highest BCUT2D eigenvalue weighted by atomic mass is 15.1. The second kappa shape index (κ2) is 5.54. The lowest BCUT2D eigenvalue weighted by atomic mass is 10.1. The van der Waals surface area contributed by atoms with Crippen LogP contribution < -0.4 is 4.90 Å². The molecular formula is C17H19N. The number of hydrogen-bond acceptors (Lipinski definition) is 1. The Labute approximate surface area is 109 Å². The molecule has 0 saturated carbocycles. The van der Waals surface area contributed by atoms with Crippen molar-refractivity contribution in [2.24, 2.45) is 0 Å². The molecule has 3 rings (SSSR count). The summed E-state index contributed by atoms with van der Waals surface area (Å²) >= 11 is 0. The Kier molecular flexibility index (Phi) is 3.83. The normalized spacial score (nSPS) is 11.8. The Hall–Kier alpha value is -2.02. The standard InChI is InChI=1S/C15H13N.C2H6/c1-16-14-8-4-2-6-12(14)10-11-13-7-3-5-9-15(13)16;1-2/h2-11H,1H3;1-2H3. The topological polar surface area (TPSA) is 3.24 Å². The van der Waals surface area contributed by atoms with Crippen LogP contribution >= 0.6 is 0 Å². The zero-order chi connectivity index (χ0) is 13.0. The minimum absolute atomic E-state index is 1.25. The largest absolute Gasteiger partial charge is 0.344 e.